The molecule has 2 N–H and O–H groups in total. The normalized spacial score (nSPS) is 27.5. The molecule has 0 saturated carbocycles. The van der Waals surface area contributed by atoms with E-state index in [-0.39, 0.29) is 18.6 Å². The van der Waals surface area contributed by atoms with Gasteiger partial charge in [-0.05, 0) is 19.3 Å². The van der Waals surface area contributed by atoms with E-state index >= 15 is 0 Å². The lowest BCUT2D eigenvalue weighted by Gasteiger charge is -2.36. The Labute approximate surface area is 91.6 Å². The van der Waals surface area contributed by atoms with Crippen LogP contribution < -0.4 is 5.32 Å². The van der Waals surface area contributed by atoms with Crippen molar-refractivity contribution in [1.82, 2.24) is 10.2 Å². The van der Waals surface area contributed by atoms with E-state index in [1.54, 1.807) is 0 Å². The molecule has 2 unspecified atom stereocenters. The van der Waals surface area contributed by atoms with Gasteiger partial charge in [0.15, 0.2) is 0 Å². The Morgan fingerprint density at radius 2 is 2.27 bits per heavy atom. The smallest absolute Gasteiger partial charge is 0.242 e. The fourth-order valence-electron chi connectivity index (χ4n) is 1.85. The number of nitrogens with one attached hydrogen (secondary N) is 1. The summed E-state index contributed by atoms with van der Waals surface area (Å²) in [7, 11) is 0. The molecule has 1 saturated heterocycles. The number of carbonyl (C=O) groups excluding carboxylic acids is 1. The summed E-state index contributed by atoms with van der Waals surface area (Å²) >= 11 is 0. The molecular weight excluding hydrogens is 192 g/mol. The second-order valence-corrected chi connectivity index (χ2v) is 4.77. The molecule has 1 aliphatic rings. The Morgan fingerprint density at radius 1 is 1.60 bits per heavy atom. The van der Waals surface area contributed by atoms with Crippen molar-refractivity contribution < 1.29 is 9.90 Å². The van der Waals surface area contributed by atoms with E-state index in [1.165, 1.54) is 0 Å². The summed E-state index contributed by atoms with van der Waals surface area (Å²) in [5, 5.41) is 12.2. The molecule has 1 amide bonds. The van der Waals surface area contributed by atoms with Crippen molar-refractivity contribution in [3.8, 4) is 0 Å². The van der Waals surface area contributed by atoms with Gasteiger partial charge in [-0.15, -0.1) is 0 Å². The summed E-state index contributed by atoms with van der Waals surface area (Å²) in [5.41, 5.74) is 0. The minimum Gasteiger partial charge on any atom is -0.394 e. The van der Waals surface area contributed by atoms with Crippen molar-refractivity contribution in [3.63, 3.8) is 0 Å². The third-order valence-corrected chi connectivity index (χ3v) is 2.75. The highest BCUT2D eigenvalue weighted by molar-refractivity contribution is 5.82. The lowest BCUT2D eigenvalue weighted by atomic mass is 10.1. The molecule has 0 aliphatic carbocycles. The van der Waals surface area contributed by atoms with Crippen LogP contribution in [0.2, 0.25) is 0 Å². The largest absolute Gasteiger partial charge is 0.394 e. The van der Waals surface area contributed by atoms with E-state index in [4.69, 9.17) is 5.11 Å². The number of aliphatic hydroxyl groups excluding tert-OH is 1. The Morgan fingerprint density at radius 3 is 2.80 bits per heavy atom. The number of rotatable bonds is 4. The van der Waals surface area contributed by atoms with Gasteiger partial charge in [0, 0.05) is 19.1 Å². The predicted molar refractivity (Wildman–Crippen MR) is 59.5 cm³/mol. The first-order valence-corrected chi connectivity index (χ1v) is 5.70. The molecule has 2 atom stereocenters. The molecule has 1 aliphatic heterocycles. The van der Waals surface area contributed by atoms with Crippen molar-refractivity contribution in [2.45, 2.75) is 39.3 Å². The molecule has 0 aromatic heterocycles. The van der Waals surface area contributed by atoms with Gasteiger partial charge >= 0.3 is 0 Å². The molecule has 0 spiro atoms. The number of nitrogens with zero attached hydrogens (tertiary/aromatic N) is 1. The zero-order valence-electron chi connectivity index (χ0n) is 9.86. The highest BCUT2D eigenvalue weighted by Crippen LogP contribution is 2.09. The van der Waals surface area contributed by atoms with Crippen LogP contribution >= 0.6 is 0 Å². The molecule has 1 fully saturated rings. The first-order chi connectivity index (χ1) is 7.04. The molecule has 0 bridgehead atoms. The average molecular weight is 214 g/mol. The maximum absolute atomic E-state index is 11.8. The second-order valence-electron chi connectivity index (χ2n) is 4.77. The van der Waals surface area contributed by atoms with E-state index < -0.39 is 6.04 Å². The Bertz CT molecular complexity index is 219. The average Bonchev–Trinajstić information content (AvgIpc) is 2.18. The molecule has 4 nitrogen and oxygen atoms in total. The molecule has 15 heavy (non-hydrogen) atoms. The number of aliphatic hydroxyl groups is 1. The highest BCUT2D eigenvalue weighted by Gasteiger charge is 2.30. The summed E-state index contributed by atoms with van der Waals surface area (Å²) in [6, 6.07) is -0.132. The summed E-state index contributed by atoms with van der Waals surface area (Å²) in [6.45, 7) is 7.79. The molecule has 0 aromatic rings. The first kappa shape index (κ1) is 12.5. The van der Waals surface area contributed by atoms with Gasteiger partial charge in [-0.2, -0.15) is 0 Å². The van der Waals surface area contributed by atoms with Gasteiger partial charge < -0.3 is 10.0 Å². The van der Waals surface area contributed by atoms with Crippen LogP contribution in [-0.4, -0.2) is 47.7 Å². The Kier molecular flexibility index (Phi) is 4.54. The maximum atomic E-state index is 11.8. The molecule has 88 valence electrons. The van der Waals surface area contributed by atoms with Gasteiger partial charge in [0.25, 0.3) is 0 Å². The fraction of sp³-hybridized carbons (Fsp3) is 0.909. The number of piperazine rings is 1. The van der Waals surface area contributed by atoms with Gasteiger partial charge in [0.2, 0.25) is 5.91 Å². The SMILES string of the molecule is CC(C)CCN1CC(C)NC(CO)C1=O. The molecular formula is C11H22N2O2. The molecule has 0 aromatic carbocycles. The zero-order valence-corrected chi connectivity index (χ0v) is 9.86. The van der Waals surface area contributed by atoms with Gasteiger partial charge in [-0.3, -0.25) is 10.1 Å². The van der Waals surface area contributed by atoms with Crippen molar-refractivity contribution in [3.05, 3.63) is 0 Å². The van der Waals surface area contributed by atoms with E-state index in [0.29, 0.717) is 5.92 Å². The van der Waals surface area contributed by atoms with Crippen LogP contribution in [0.25, 0.3) is 0 Å². The van der Waals surface area contributed by atoms with Gasteiger partial charge in [0.1, 0.15) is 6.04 Å². The Hall–Kier alpha value is -0.610. The van der Waals surface area contributed by atoms with Gasteiger partial charge in [0.05, 0.1) is 6.61 Å². The van der Waals surface area contributed by atoms with Crippen LogP contribution in [0.15, 0.2) is 0 Å². The van der Waals surface area contributed by atoms with Crippen molar-refractivity contribution in [2.75, 3.05) is 19.7 Å². The van der Waals surface area contributed by atoms with Gasteiger partial charge in [-0.25, -0.2) is 0 Å². The van der Waals surface area contributed by atoms with Gasteiger partial charge in [-0.1, -0.05) is 13.8 Å². The predicted octanol–water partition coefficient (Wildman–Crippen LogP) is 0.214. The first-order valence-electron chi connectivity index (χ1n) is 5.70. The number of amides is 1. The summed E-state index contributed by atoms with van der Waals surface area (Å²) in [4.78, 5) is 13.7. The second kappa shape index (κ2) is 5.47. The maximum Gasteiger partial charge on any atom is 0.242 e. The summed E-state index contributed by atoms with van der Waals surface area (Å²) < 4.78 is 0. The molecule has 1 heterocycles. The molecule has 1 rings (SSSR count). The van der Waals surface area contributed by atoms with Crippen LogP contribution in [0, 0.1) is 5.92 Å². The van der Waals surface area contributed by atoms with Crippen molar-refractivity contribution in [1.29, 1.82) is 0 Å². The van der Waals surface area contributed by atoms with E-state index in [1.807, 2.05) is 11.8 Å². The van der Waals surface area contributed by atoms with E-state index in [9.17, 15) is 4.79 Å². The van der Waals surface area contributed by atoms with Crippen LogP contribution in [0.3, 0.4) is 0 Å². The topological polar surface area (TPSA) is 52.6 Å². The van der Waals surface area contributed by atoms with E-state index in [2.05, 4.69) is 19.2 Å². The number of hydrogen-bond donors (Lipinski definition) is 2. The number of carbonyl (C=O) groups is 1. The minimum atomic E-state index is -0.402. The zero-order chi connectivity index (χ0) is 11.4. The van der Waals surface area contributed by atoms with Crippen molar-refractivity contribution in [2.24, 2.45) is 5.92 Å². The van der Waals surface area contributed by atoms with Crippen LogP contribution in [0.1, 0.15) is 27.2 Å². The number of hydrogen-bond acceptors (Lipinski definition) is 3. The minimum absolute atomic E-state index is 0.0382. The molecule has 0 radical (unpaired) electrons. The van der Waals surface area contributed by atoms with Crippen LogP contribution in [-0.2, 0) is 4.79 Å². The van der Waals surface area contributed by atoms with Crippen LogP contribution in [0.5, 0.6) is 0 Å². The monoisotopic (exact) mass is 214 g/mol. The quantitative estimate of drug-likeness (QED) is 0.703. The van der Waals surface area contributed by atoms with Crippen LogP contribution in [0.4, 0.5) is 0 Å². The van der Waals surface area contributed by atoms with E-state index in [0.717, 1.165) is 19.5 Å². The molecule has 4 heteroatoms. The summed E-state index contributed by atoms with van der Waals surface area (Å²) in [5.74, 6) is 0.645. The lowest BCUT2D eigenvalue weighted by Crippen LogP contribution is -2.60. The lowest BCUT2D eigenvalue weighted by molar-refractivity contribution is -0.138. The standard InChI is InChI=1S/C11H22N2O2/c1-8(2)4-5-13-6-9(3)12-10(7-14)11(13)15/h8-10,12,14H,4-7H2,1-3H3. The highest BCUT2D eigenvalue weighted by atomic mass is 16.3. The third kappa shape index (κ3) is 3.47. The fourth-order valence-corrected chi connectivity index (χ4v) is 1.85. The Balaban J connectivity index is 2.50. The third-order valence-electron chi connectivity index (χ3n) is 2.75. The van der Waals surface area contributed by atoms with Crippen molar-refractivity contribution >= 4 is 5.91 Å². The summed E-state index contributed by atoms with van der Waals surface area (Å²) in [6.07, 6.45) is 1.02.